The summed E-state index contributed by atoms with van der Waals surface area (Å²) < 4.78 is 0. The van der Waals surface area contributed by atoms with Crippen molar-refractivity contribution in [2.24, 2.45) is 16.7 Å². The summed E-state index contributed by atoms with van der Waals surface area (Å²) in [6.07, 6.45) is 6.42. The summed E-state index contributed by atoms with van der Waals surface area (Å²) in [5, 5.41) is 3.39. The lowest BCUT2D eigenvalue weighted by Gasteiger charge is -2.39. The second-order valence-electron chi connectivity index (χ2n) is 12.4. The molecule has 2 bridgehead atoms. The normalized spacial score (nSPS) is 28.1. The number of amides is 1. The fourth-order valence-corrected chi connectivity index (χ4v) is 7.73. The van der Waals surface area contributed by atoms with Gasteiger partial charge in [0.15, 0.2) is 5.65 Å². The number of likely N-dealkylation sites (N-methyl/N-ethyl adjacent to an activating group) is 1. The third-order valence-electron chi connectivity index (χ3n) is 10.7. The van der Waals surface area contributed by atoms with E-state index in [0.29, 0.717) is 28.7 Å². The smallest absolute Gasteiger partial charge is 0.253 e. The third kappa shape index (κ3) is 3.93. The second-order valence-corrected chi connectivity index (χ2v) is 12.4. The Kier molecular flexibility index (Phi) is 6.25. The number of imidazole rings is 1. The first kappa shape index (κ1) is 25.4. The molecule has 3 fully saturated rings. The van der Waals surface area contributed by atoms with Crippen molar-refractivity contribution in [2.45, 2.75) is 72.4 Å². The molecule has 0 spiro atoms. The van der Waals surface area contributed by atoms with Gasteiger partial charge in [-0.25, -0.2) is 9.97 Å². The number of H-pyrrole nitrogens is 1. The lowest BCUT2D eigenvalue weighted by molar-refractivity contribution is 0.0827. The first-order chi connectivity index (χ1) is 18.2. The molecule has 2 N–H and O–H groups in total. The van der Waals surface area contributed by atoms with Crippen LogP contribution < -0.4 is 10.2 Å². The topological polar surface area (TPSA) is 77.2 Å². The van der Waals surface area contributed by atoms with E-state index in [2.05, 4.69) is 84.0 Å². The number of hydrogen-bond donors (Lipinski definition) is 2. The fraction of sp³-hybridized carbons (Fsp3) is 0.581. The lowest BCUT2D eigenvalue weighted by atomic mass is 9.69. The Balaban J connectivity index is 1.19. The highest BCUT2D eigenvalue weighted by Gasteiger charge is 2.61. The summed E-state index contributed by atoms with van der Waals surface area (Å²) in [7, 11) is 0. The van der Waals surface area contributed by atoms with Crippen LogP contribution in [0.4, 0.5) is 5.69 Å². The fourth-order valence-electron chi connectivity index (χ4n) is 7.73. The van der Waals surface area contributed by atoms with E-state index >= 15 is 0 Å². The minimum atomic E-state index is -0.0443. The van der Waals surface area contributed by atoms with Crippen molar-refractivity contribution in [3.63, 3.8) is 0 Å². The highest BCUT2D eigenvalue weighted by Crippen LogP contribution is 2.65. The van der Waals surface area contributed by atoms with E-state index in [-0.39, 0.29) is 22.8 Å². The number of carbonyl (C=O) groups excluding carboxylic acids is 1. The quantitative estimate of drug-likeness (QED) is 0.436. The summed E-state index contributed by atoms with van der Waals surface area (Å²) in [6.45, 7) is 16.0. The van der Waals surface area contributed by atoms with E-state index in [9.17, 15) is 4.79 Å². The van der Waals surface area contributed by atoms with Crippen molar-refractivity contribution >= 4 is 22.8 Å². The molecule has 2 aromatic heterocycles. The zero-order valence-corrected chi connectivity index (χ0v) is 23.6. The molecule has 38 heavy (non-hydrogen) atoms. The first-order valence-electron chi connectivity index (χ1n) is 14.5. The Morgan fingerprint density at radius 1 is 1.13 bits per heavy atom. The maximum Gasteiger partial charge on any atom is 0.253 e. The van der Waals surface area contributed by atoms with E-state index in [1.54, 1.807) is 12.3 Å². The molecule has 2 saturated carbocycles. The molecular formula is C31H42N6O. The lowest BCUT2D eigenvalue weighted by Crippen LogP contribution is -2.46. The molecule has 7 nitrogen and oxygen atoms in total. The monoisotopic (exact) mass is 514 g/mol. The number of nitrogens with zero attached hydrogens (tertiary/aromatic N) is 4. The van der Waals surface area contributed by atoms with Crippen molar-refractivity contribution in [2.75, 3.05) is 31.1 Å². The molecule has 1 unspecified atom stereocenters. The zero-order valence-electron chi connectivity index (χ0n) is 23.6. The minimum Gasteiger partial charge on any atom is -0.370 e. The van der Waals surface area contributed by atoms with Gasteiger partial charge in [-0.2, -0.15) is 0 Å². The van der Waals surface area contributed by atoms with Crippen LogP contribution in [0.2, 0.25) is 0 Å². The van der Waals surface area contributed by atoms with Gasteiger partial charge in [0, 0.05) is 42.6 Å². The van der Waals surface area contributed by atoms with Gasteiger partial charge in [0.2, 0.25) is 0 Å². The van der Waals surface area contributed by atoms with E-state index in [4.69, 9.17) is 4.98 Å². The van der Waals surface area contributed by atoms with Gasteiger partial charge in [0.1, 0.15) is 11.3 Å². The number of fused-ring (bicyclic) bond motifs is 3. The molecule has 1 amide bonds. The molecule has 1 aromatic carbocycles. The molecule has 7 heteroatoms. The number of nitrogens with one attached hydrogen (secondary N) is 2. The second kappa shape index (κ2) is 9.37. The molecule has 2 aliphatic carbocycles. The number of pyridine rings is 1. The summed E-state index contributed by atoms with van der Waals surface area (Å²) in [5.74, 6) is 1.38. The van der Waals surface area contributed by atoms with Gasteiger partial charge < -0.3 is 15.2 Å². The van der Waals surface area contributed by atoms with Crippen LogP contribution in [-0.4, -0.2) is 64.0 Å². The summed E-state index contributed by atoms with van der Waals surface area (Å²) >= 11 is 0. The van der Waals surface area contributed by atoms with Crippen molar-refractivity contribution in [1.82, 2.24) is 25.2 Å². The molecule has 1 saturated heterocycles. The van der Waals surface area contributed by atoms with Gasteiger partial charge in [0.25, 0.3) is 5.91 Å². The number of benzene rings is 1. The molecule has 3 aromatic rings. The highest BCUT2D eigenvalue weighted by molar-refractivity contribution is 6.04. The summed E-state index contributed by atoms with van der Waals surface area (Å²) in [4.78, 5) is 31.2. The van der Waals surface area contributed by atoms with Crippen molar-refractivity contribution in [3.05, 3.63) is 42.1 Å². The molecular weight excluding hydrogens is 472 g/mol. The first-order valence-corrected chi connectivity index (χ1v) is 14.5. The van der Waals surface area contributed by atoms with Crippen LogP contribution in [0.1, 0.15) is 70.7 Å². The average Bonchev–Trinajstić information content (AvgIpc) is 3.66. The summed E-state index contributed by atoms with van der Waals surface area (Å²) in [6, 6.07) is 11.2. The van der Waals surface area contributed by atoms with Crippen LogP contribution >= 0.6 is 0 Å². The Morgan fingerprint density at radius 2 is 1.89 bits per heavy atom. The molecule has 0 radical (unpaired) electrons. The van der Waals surface area contributed by atoms with Crippen LogP contribution in [0.3, 0.4) is 0 Å². The number of carbonyl (C=O) groups is 1. The van der Waals surface area contributed by atoms with Crippen LogP contribution in [0.25, 0.3) is 22.6 Å². The number of aromatic amines is 1. The maximum absolute atomic E-state index is 13.5. The molecule has 6 rings (SSSR count). The molecule has 4 atom stereocenters. The standard InChI is InChI=1S/C31H42N6O/c1-6-36(7-2)23-14-17-37(19-23)22-10-8-20(9-11-22)27-34-26-24(13-16-32-28(26)35-27)29(38)33-25-18-21-12-15-31(25,5)30(21,3)4/h8-11,13,16,21,23,25H,6-7,12,14-15,17-19H2,1-5H3,(H,33,38)(H,32,34,35)/t21-,23?,25+,31+/m1/s1. The molecule has 3 aliphatic rings. The number of hydrogen-bond acceptors (Lipinski definition) is 5. The van der Waals surface area contributed by atoms with Gasteiger partial charge in [-0.15, -0.1) is 0 Å². The summed E-state index contributed by atoms with van der Waals surface area (Å²) in [5.41, 5.74) is 4.53. The van der Waals surface area contributed by atoms with Crippen molar-refractivity contribution in [3.8, 4) is 11.4 Å². The predicted molar refractivity (Wildman–Crippen MR) is 153 cm³/mol. The van der Waals surface area contributed by atoms with Crippen LogP contribution in [0.15, 0.2) is 36.5 Å². The Hall–Kier alpha value is -2.93. The van der Waals surface area contributed by atoms with E-state index < -0.39 is 0 Å². The number of rotatable bonds is 7. The van der Waals surface area contributed by atoms with Crippen molar-refractivity contribution < 1.29 is 4.79 Å². The molecule has 202 valence electrons. The Morgan fingerprint density at radius 3 is 2.55 bits per heavy atom. The van der Waals surface area contributed by atoms with Gasteiger partial charge in [-0.1, -0.05) is 34.6 Å². The van der Waals surface area contributed by atoms with Crippen LogP contribution in [-0.2, 0) is 0 Å². The number of anilines is 1. The Bertz CT molecular complexity index is 1330. The van der Waals surface area contributed by atoms with Gasteiger partial charge >= 0.3 is 0 Å². The van der Waals surface area contributed by atoms with E-state index in [0.717, 1.165) is 44.0 Å². The van der Waals surface area contributed by atoms with E-state index in [1.165, 1.54) is 24.9 Å². The van der Waals surface area contributed by atoms with Crippen LogP contribution in [0.5, 0.6) is 0 Å². The SMILES string of the molecule is CCN(CC)C1CCN(c2ccc(-c3nc4c(C(=O)N[C@H]5C[C@H]6CC[C@]5(C)C6(C)C)ccnc4[nH]3)cc2)C1. The third-order valence-corrected chi connectivity index (χ3v) is 10.7. The number of aromatic nitrogens is 3. The van der Waals surface area contributed by atoms with E-state index in [1.807, 2.05) is 0 Å². The van der Waals surface area contributed by atoms with Gasteiger partial charge in [-0.05, 0) is 85.9 Å². The van der Waals surface area contributed by atoms with Gasteiger partial charge in [-0.3, -0.25) is 9.69 Å². The Labute approximate surface area is 226 Å². The van der Waals surface area contributed by atoms with Crippen LogP contribution in [0, 0.1) is 16.7 Å². The minimum absolute atomic E-state index is 0.0443. The predicted octanol–water partition coefficient (Wildman–Crippen LogP) is 5.49. The van der Waals surface area contributed by atoms with Gasteiger partial charge in [0.05, 0.1) is 5.56 Å². The molecule has 3 heterocycles. The van der Waals surface area contributed by atoms with Crippen molar-refractivity contribution in [1.29, 1.82) is 0 Å². The largest absolute Gasteiger partial charge is 0.370 e. The zero-order chi connectivity index (χ0) is 26.7. The molecule has 1 aliphatic heterocycles. The highest BCUT2D eigenvalue weighted by atomic mass is 16.1. The average molecular weight is 515 g/mol. The maximum atomic E-state index is 13.5.